The van der Waals surface area contributed by atoms with Crippen molar-refractivity contribution in [3.8, 4) is 11.4 Å². The second kappa shape index (κ2) is 5.27. The third-order valence-corrected chi connectivity index (χ3v) is 6.21. The molecule has 1 aliphatic rings. The summed E-state index contributed by atoms with van der Waals surface area (Å²) < 4.78 is 25.3. The fourth-order valence-electron chi connectivity index (χ4n) is 2.54. The molecule has 1 unspecified atom stereocenters. The average molecular weight is 328 g/mol. The topological polar surface area (TPSA) is 104 Å². The molecule has 2 N–H and O–H groups in total. The highest BCUT2D eigenvalue weighted by Crippen LogP contribution is 2.32. The summed E-state index contributed by atoms with van der Waals surface area (Å²) in [5.41, 5.74) is 6.91. The molecule has 1 atom stereocenters. The normalized spacial score (nSPS) is 20.7. The van der Waals surface area contributed by atoms with Gasteiger partial charge in [0.1, 0.15) is 0 Å². The van der Waals surface area contributed by atoms with Crippen molar-refractivity contribution in [2.45, 2.75) is 24.6 Å². The molecule has 2 heterocycles. The van der Waals surface area contributed by atoms with Crippen LogP contribution in [-0.2, 0) is 16.4 Å². The molecule has 0 amide bonds. The minimum atomic E-state index is -3.06. The number of tetrazole rings is 1. The average Bonchev–Trinajstić information content (AvgIpc) is 2.98. The van der Waals surface area contributed by atoms with Crippen LogP contribution in [0.1, 0.15) is 12.8 Å². The van der Waals surface area contributed by atoms with Crippen LogP contribution >= 0.6 is 11.6 Å². The molecule has 0 spiro atoms. The fourth-order valence-corrected chi connectivity index (χ4v) is 4.60. The third-order valence-electron chi connectivity index (χ3n) is 3.64. The van der Waals surface area contributed by atoms with E-state index in [9.17, 15) is 8.42 Å². The molecule has 0 bridgehead atoms. The fraction of sp³-hybridized carbons (Fsp3) is 0.417. The number of anilines is 1. The minimum absolute atomic E-state index is 0.218. The van der Waals surface area contributed by atoms with Gasteiger partial charge in [-0.25, -0.2) is 13.1 Å². The lowest BCUT2D eigenvalue weighted by Gasteiger charge is -2.12. The smallest absolute Gasteiger partial charge is 0.185 e. The van der Waals surface area contributed by atoms with Crippen LogP contribution in [0.2, 0.25) is 5.02 Å². The molecule has 1 aromatic carbocycles. The molecule has 21 heavy (non-hydrogen) atoms. The van der Waals surface area contributed by atoms with Crippen molar-refractivity contribution in [2.24, 2.45) is 0 Å². The van der Waals surface area contributed by atoms with Gasteiger partial charge in [0.25, 0.3) is 0 Å². The van der Waals surface area contributed by atoms with Crippen molar-refractivity contribution >= 4 is 27.1 Å². The predicted octanol–water partition coefficient (Wildman–Crippen LogP) is 1.15. The van der Waals surface area contributed by atoms with Crippen LogP contribution in [0.3, 0.4) is 0 Å². The maximum absolute atomic E-state index is 11.9. The number of benzene rings is 1. The molecule has 9 heteroatoms. The molecule has 0 saturated carbocycles. The molecule has 0 radical (unpaired) electrons. The van der Waals surface area contributed by atoms with Gasteiger partial charge in [0.15, 0.2) is 15.7 Å². The SMILES string of the molecule is Nc1cccc(Cl)c1-c1nnnn1CC1CCCS1(=O)=O. The second-order valence-electron chi connectivity index (χ2n) is 5.02. The zero-order valence-electron chi connectivity index (χ0n) is 11.1. The minimum Gasteiger partial charge on any atom is -0.398 e. The lowest BCUT2D eigenvalue weighted by atomic mass is 10.1. The summed E-state index contributed by atoms with van der Waals surface area (Å²) >= 11 is 6.16. The monoisotopic (exact) mass is 327 g/mol. The van der Waals surface area contributed by atoms with Crippen molar-refractivity contribution in [2.75, 3.05) is 11.5 Å². The molecule has 0 aliphatic carbocycles. The number of hydrogen-bond donors (Lipinski definition) is 1. The molecule has 3 rings (SSSR count). The summed E-state index contributed by atoms with van der Waals surface area (Å²) in [5, 5.41) is 11.4. The summed E-state index contributed by atoms with van der Waals surface area (Å²) in [6, 6.07) is 5.13. The lowest BCUT2D eigenvalue weighted by molar-refractivity contribution is 0.534. The molecule has 7 nitrogen and oxygen atoms in total. The Bertz CT molecular complexity index is 753. The summed E-state index contributed by atoms with van der Waals surface area (Å²) in [5.74, 6) is 0.615. The molecule has 1 fully saturated rings. The zero-order chi connectivity index (χ0) is 15.0. The van der Waals surface area contributed by atoms with E-state index in [1.54, 1.807) is 18.2 Å². The number of rotatable bonds is 3. The summed E-state index contributed by atoms with van der Waals surface area (Å²) in [6.07, 6.45) is 1.30. The Morgan fingerprint density at radius 1 is 1.43 bits per heavy atom. The molecular formula is C12H14ClN5O2S. The number of sulfone groups is 1. The number of nitrogens with two attached hydrogens (primary N) is 1. The van der Waals surface area contributed by atoms with Gasteiger partial charge in [-0.3, -0.25) is 0 Å². The van der Waals surface area contributed by atoms with Gasteiger partial charge < -0.3 is 5.73 Å². The number of nitrogen functional groups attached to an aromatic ring is 1. The molecule has 112 valence electrons. The van der Waals surface area contributed by atoms with E-state index >= 15 is 0 Å². The Balaban J connectivity index is 1.99. The van der Waals surface area contributed by atoms with Crippen LogP contribution in [0.15, 0.2) is 18.2 Å². The number of nitrogens with zero attached hydrogens (tertiary/aromatic N) is 4. The number of halogens is 1. The standard InChI is InChI=1S/C12H14ClN5O2S/c13-9-4-1-5-10(14)11(9)12-15-16-17-18(12)7-8-3-2-6-21(8,19)20/h1,4-5,8H,2-3,6-7,14H2. The van der Waals surface area contributed by atoms with Gasteiger partial charge in [-0.2, -0.15) is 0 Å². The van der Waals surface area contributed by atoms with Crippen molar-refractivity contribution in [3.63, 3.8) is 0 Å². The first-order valence-electron chi connectivity index (χ1n) is 6.51. The quantitative estimate of drug-likeness (QED) is 0.848. The highest BCUT2D eigenvalue weighted by atomic mass is 35.5. The van der Waals surface area contributed by atoms with Crippen molar-refractivity contribution < 1.29 is 8.42 Å². The summed E-state index contributed by atoms with van der Waals surface area (Å²) in [7, 11) is -3.06. The highest BCUT2D eigenvalue weighted by molar-refractivity contribution is 7.92. The van der Waals surface area contributed by atoms with Gasteiger partial charge >= 0.3 is 0 Å². The van der Waals surface area contributed by atoms with Crippen molar-refractivity contribution in [3.05, 3.63) is 23.2 Å². The first-order chi connectivity index (χ1) is 9.99. The number of hydrogen-bond acceptors (Lipinski definition) is 6. The first kappa shape index (κ1) is 14.3. The Labute approximate surface area is 127 Å². The zero-order valence-corrected chi connectivity index (χ0v) is 12.7. The van der Waals surface area contributed by atoms with Gasteiger partial charge in [-0.05, 0) is 35.4 Å². The Kier molecular flexibility index (Phi) is 3.58. The van der Waals surface area contributed by atoms with Crippen LogP contribution in [0.4, 0.5) is 5.69 Å². The van der Waals surface area contributed by atoms with Crippen molar-refractivity contribution in [1.29, 1.82) is 0 Å². The summed E-state index contributed by atoms with van der Waals surface area (Å²) in [4.78, 5) is 0. The van der Waals surface area contributed by atoms with E-state index in [0.717, 1.165) is 0 Å². The van der Waals surface area contributed by atoms with Crippen LogP contribution in [0.25, 0.3) is 11.4 Å². The molecular weight excluding hydrogens is 314 g/mol. The van der Waals surface area contributed by atoms with Gasteiger partial charge in [0.05, 0.1) is 28.1 Å². The van der Waals surface area contributed by atoms with E-state index in [1.165, 1.54) is 4.68 Å². The first-order valence-corrected chi connectivity index (χ1v) is 8.60. The highest BCUT2D eigenvalue weighted by Gasteiger charge is 2.32. The molecule has 1 saturated heterocycles. The van der Waals surface area contributed by atoms with Crippen LogP contribution in [0.5, 0.6) is 0 Å². The lowest BCUT2D eigenvalue weighted by Crippen LogP contribution is -2.23. The van der Waals surface area contributed by atoms with Crippen LogP contribution in [0, 0.1) is 0 Å². The largest absolute Gasteiger partial charge is 0.398 e. The van der Waals surface area contributed by atoms with E-state index in [0.29, 0.717) is 34.9 Å². The number of aromatic nitrogens is 4. The Morgan fingerprint density at radius 3 is 2.90 bits per heavy atom. The maximum atomic E-state index is 11.9. The van der Waals surface area contributed by atoms with Crippen molar-refractivity contribution in [1.82, 2.24) is 20.2 Å². The van der Waals surface area contributed by atoms with E-state index in [2.05, 4.69) is 15.5 Å². The maximum Gasteiger partial charge on any atom is 0.185 e. The van der Waals surface area contributed by atoms with Gasteiger partial charge in [0.2, 0.25) is 0 Å². The molecule has 1 aliphatic heterocycles. The van der Waals surface area contributed by atoms with E-state index in [4.69, 9.17) is 17.3 Å². The van der Waals surface area contributed by atoms with Crippen LogP contribution < -0.4 is 5.73 Å². The van der Waals surface area contributed by atoms with Gasteiger partial charge in [0, 0.05) is 5.69 Å². The third kappa shape index (κ3) is 2.60. The van der Waals surface area contributed by atoms with E-state index in [-0.39, 0.29) is 12.3 Å². The summed E-state index contributed by atoms with van der Waals surface area (Å²) in [6.45, 7) is 0.218. The molecule has 1 aromatic heterocycles. The van der Waals surface area contributed by atoms with Crippen LogP contribution in [-0.4, -0.2) is 39.6 Å². The van der Waals surface area contributed by atoms with E-state index in [1.807, 2.05) is 0 Å². The van der Waals surface area contributed by atoms with E-state index < -0.39 is 15.1 Å². The Morgan fingerprint density at radius 2 is 2.24 bits per heavy atom. The second-order valence-corrected chi connectivity index (χ2v) is 7.83. The predicted molar refractivity (Wildman–Crippen MR) is 79.5 cm³/mol. The Hall–Kier alpha value is -1.67. The molecule has 2 aromatic rings. The van der Waals surface area contributed by atoms with Gasteiger partial charge in [-0.15, -0.1) is 5.10 Å². The van der Waals surface area contributed by atoms with Gasteiger partial charge in [-0.1, -0.05) is 17.7 Å².